The summed E-state index contributed by atoms with van der Waals surface area (Å²) in [4.78, 5) is 8.93. The molecule has 4 nitrogen and oxygen atoms in total. The van der Waals surface area contributed by atoms with Crippen molar-refractivity contribution in [2.75, 3.05) is 12.4 Å². The van der Waals surface area contributed by atoms with Crippen molar-refractivity contribution in [3.05, 3.63) is 16.5 Å². The molecule has 0 saturated heterocycles. The molecular formula is C13H20BrN3O. The molecule has 1 aromatic rings. The molecule has 0 aliphatic heterocycles. The lowest BCUT2D eigenvalue weighted by atomic mass is 10.2. The van der Waals surface area contributed by atoms with Crippen LogP contribution in [0.1, 0.15) is 44.9 Å². The van der Waals surface area contributed by atoms with Crippen LogP contribution in [0.25, 0.3) is 0 Å². The van der Waals surface area contributed by atoms with Gasteiger partial charge in [0.05, 0.1) is 6.10 Å². The second-order valence-corrected chi connectivity index (χ2v) is 5.91. The van der Waals surface area contributed by atoms with Crippen LogP contribution < -0.4 is 5.32 Å². The van der Waals surface area contributed by atoms with Crippen LogP contribution in [0.3, 0.4) is 0 Å². The molecule has 1 N–H and O–H groups in total. The standard InChI is InChI=1S/C13H20BrN3O/c1-8(2)13-16-11(14)7-12(17-13)15-9-4-5-10(6-9)18-3/h7-10H,4-6H2,1-3H3,(H,15,16,17). The quantitative estimate of drug-likeness (QED) is 0.866. The highest BCUT2D eigenvalue weighted by Crippen LogP contribution is 2.25. The second-order valence-electron chi connectivity index (χ2n) is 5.10. The van der Waals surface area contributed by atoms with E-state index in [9.17, 15) is 0 Å². The predicted molar refractivity (Wildman–Crippen MR) is 75.9 cm³/mol. The summed E-state index contributed by atoms with van der Waals surface area (Å²) in [5.41, 5.74) is 0. The second kappa shape index (κ2) is 5.97. The van der Waals surface area contributed by atoms with Crippen LogP contribution in [-0.4, -0.2) is 29.2 Å². The van der Waals surface area contributed by atoms with Crippen molar-refractivity contribution in [3.8, 4) is 0 Å². The summed E-state index contributed by atoms with van der Waals surface area (Å²) in [5.74, 6) is 2.11. The van der Waals surface area contributed by atoms with Gasteiger partial charge in [-0.25, -0.2) is 9.97 Å². The number of nitrogens with zero attached hydrogens (tertiary/aromatic N) is 2. The van der Waals surface area contributed by atoms with Gasteiger partial charge >= 0.3 is 0 Å². The van der Waals surface area contributed by atoms with E-state index in [1.54, 1.807) is 7.11 Å². The molecule has 1 aliphatic rings. The van der Waals surface area contributed by atoms with E-state index in [-0.39, 0.29) is 0 Å². The predicted octanol–water partition coefficient (Wildman–Crippen LogP) is 3.34. The van der Waals surface area contributed by atoms with E-state index >= 15 is 0 Å². The first-order valence-corrected chi connectivity index (χ1v) is 7.21. The molecule has 100 valence electrons. The van der Waals surface area contributed by atoms with E-state index < -0.39 is 0 Å². The smallest absolute Gasteiger partial charge is 0.134 e. The van der Waals surface area contributed by atoms with Gasteiger partial charge in [0.15, 0.2) is 0 Å². The Balaban J connectivity index is 2.05. The minimum absolute atomic E-state index is 0.332. The Kier molecular flexibility index (Phi) is 4.56. The van der Waals surface area contributed by atoms with E-state index in [1.807, 2.05) is 6.07 Å². The van der Waals surface area contributed by atoms with Crippen molar-refractivity contribution >= 4 is 21.7 Å². The maximum Gasteiger partial charge on any atom is 0.134 e. The molecule has 18 heavy (non-hydrogen) atoms. The van der Waals surface area contributed by atoms with Crippen LogP contribution >= 0.6 is 15.9 Å². The van der Waals surface area contributed by atoms with Crippen molar-refractivity contribution in [2.24, 2.45) is 0 Å². The lowest BCUT2D eigenvalue weighted by molar-refractivity contribution is 0.108. The van der Waals surface area contributed by atoms with Crippen LogP contribution in [0.2, 0.25) is 0 Å². The van der Waals surface area contributed by atoms with Gasteiger partial charge in [0, 0.05) is 25.1 Å². The van der Waals surface area contributed by atoms with Crippen molar-refractivity contribution in [1.29, 1.82) is 0 Å². The molecule has 1 fully saturated rings. The first kappa shape index (κ1) is 13.7. The molecule has 2 unspecified atom stereocenters. The highest BCUT2D eigenvalue weighted by molar-refractivity contribution is 9.10. The fraction of sp³-hybridized carbons (Fsp3) is 0.692. The Bertz CT molecular complexity index is 411. The zero-order valence-corrected chi connectivity index (χ0v) is 12.7. The molecule has 0 spiro atoms. The van der Waals surface area contributed by atoms with E-state index in [1.165, 1.54) is 0 Å². The highest BCUT2D eigenvalue weighted by Gasteiger charge is 2.24. The number of methoxy groups -OCH3 is 1. The van der Waals surface area contributed by atoms with Gasteiger partial charge in [0.25, 0.3) is 0 Å². The first-order chi connectivity index (χ1) is 8.58. The Morgan fingerprint density at radius 3 is 2.78 bits per heavy atom. The van der Waals surface area contributed by atoms with Gasteiger partial charge in [0.1, 0.15) is 16.2 Å². The third-order valence-electron chi connectivity index (χ3n) is 3.30. The zero-order valence-electron chi connectivity index (χ0n) is 11.1. The fourth-order valence-electron chi connectivity index (χ4n) is 2.26. The summed E-state index contributed by atoms with van der Waals surface area (Å²) in [7, 11) is 1.78. The summed E-state index contributed by atoms with van der Waals surface area (Å²) < 4.78 is 6.22. The van der Waals surface area contributed by atoms with Gasteiger partial charge in [-0.15, -0.1) is 0 Å². The molecule has 0 radical (unpaired) electrons. The minimum Gasteiger partial charge on any atom is -0.381 e. The van der Waals surface area contributed by atoms with Crippen LogP contribution in [0.4, 0.5) is 5.82 Å². The molecule has 1 saturated carbocycles. The SMILES string of the molecule is COC1CCC(Nc2cc(Br)nc(C(C)C)n2)C1. The molecule has 2 atom stereocenters. The molecular weight excluding hydrogens is 294 g/mol. The maximum absolute atomic E-state index is 5.38. The molecule has 0 aromatic carbocycles. The summed E-state index contributed by atoms with van der Waals surface area (Å²) >= 11 is 3.44. The summed E-state index contributed by atoms with van der Waals surface area (Å²) in [5, 5.41) is 3.48. The number of nitrogens with one attached hydrogen (secondary N) is 1. The molecule has 1 heterocycles. The lowest BCUT2D eigenvalue weighted by Crippen LogP contribution is -2.18. The van der Waals surface area contributed by atoms with Crippen molar-refractivity contribution in [3.63, 3.8) is 0 Å². The largest absolute Gasteiger partial charge is 0.381 e. The van der Waals surface area contributed by atoms with Gasteiger partial charge in [-0.05, 0) is 35.2 Å². The number of hydrogen-bond donors (Lipinski definition) is 1. The molecule has 1 aromatic heterocycles. The van der Waals surface area contributed by atoms with E-state index in [4.69, 9.17) is 4.74 Å². The Morgan fingerprint density at radius 2 is 2.17 bits per heavy atom. The Morgan fingerprint density at radius 1 is 1.39 bits per heavy atom. The summed E-state index contributed by atoms with van der Waals surface area (Å²) in [6.07, 6.45) is 3.70. The normalized spacial score (nSPS) is 23.6. The zero-order chi connectivity index (χ0) is 13.1. The van der Waals surface area contributed by atoms with Crippen LogP contribution in [-0.2, 0) is 4.74 Å². The van der Waals surface area contributed by atoms with Crippen molar-refractivity contribution in [2.45, 2.75) is 51.2 Å². The molecule has 2 rings (SSSR count). The first-order valence-electron chi connectivity index (χ1n) is 6.42. The van der Waals surface area contributed by atoms with Crippen molar-refractivity contribution in [1.82, 2.24) is 9.97 Å². The third kappa shape index (κ3) is 3.42. The number of rotatable bonds is 4. The minimum atomic E-state index is 0.332. The highest BCUT2D eigenvalue weighted by atomic mass is 79.9. The van der Waals surface area contributed by atoms with Crippen molar-refractivity contribution < 1.29 is 4.74 Å². The number of aromatic nitrogens is 2. The average molecular weight is 314 g/mol. The van der Waals surface area contributed by atoms with Crippen LogP contribution in [0.15, 0.2) is 10.7 Å². The van der Waals surface area contributed by atoms with Gasteiger partial charge in [0.2, 0.25) is 0 Å². The Hall–Kier alpha value is -0.680. The van der Waals surface area contributed by atoms with E-state index in [0.29, 0.717) is 18.1 Å². The lowest BCUT2D eigenvalue weighted by Gasteiger charge is -2.15. The van der Waals surface area contributed by atoms with E-state index in [0.717, 1.165) is 35.5 Å². The monoisotopic (exact) mass is 313 g/mol. The summed E-state index contributed by atoms with van der Waals surface area (Å²) in [6.45, 7) is 4.20. The molecule has 0 bridgehead atoms. The Labute approximate surface area is 117 Å². The topological polar surface area (TPSA) is 47.0 Å². The molecule has 0 amide bonds. The van der Waals surface area contributed by atoms with Gasteiger partial charge in [-0.1, -0.05) is 13.8 Å². The van der Waals surface area contributed by atoms with Crippen LogP contribution in [0.5, 0.6) is 0 Å². The van der Waals surface area contributed by atoms with Gasteiger partial charge < -0.3 is 10.1 Å². The number of ether oxygens (including phenoxy) is 1. The van der Waals surface area contributed by atoms with Gasteiger partial charge in [-0.2, -0.15) is 0 Å². The molecule has 5 heteroatoms. The average Bonchev–Trinajstić information content (AvgIpc) is 2.76. The third-order valence-corrected chi connectivity index (χ3v) is 3.70. The maximum atomic E-state index is 5.38. The van der Waals surface area contributed by atoms with Crippen LogP contribution in [0, 0.1) is 0 Å². The van der Waals surface area contributed by atoms with E-state index in [2.05, 4.69) is 45.1 Å². The number of halogens is 1. The fourth-order valence-corrected chi connectivity index (χ4v) is 2.66. The molecule has 1 aliphatic carbocycles. The van der Waals surface area contributed by atoms with Gasteiger partial charge in [-0.3, -0.25) is 0 Å². The summed E-state index contributed by atoms with van der Waals surface area (Å²) in [6, 6.07) is 2.39. The number of anilines is 1. The number of hydrogen-bond acceptors (Lipinski definition) is 4.